The Bertz CT molecular complexity index is 673. The molecule has 0 spiro atoms. The van der Waals surface area contributed by atoms with E-state index in [-0.39, 0.29) is 18.3 Å². The van der Waals surface area contributed by atoms with Crippen molar-refractivity contribution in [2.45, 2.75) is 27.3 Å². The molecule has 0 atom stereocenters. The Kier molecular flexibility index (Phi) is 7.00. The van der Waals surface area contributed by atoms with Crippen molar-refractivity contribution < 1.29 is 21.7 Å². The van der Waals surface area contributed by atoms with Gasteiger partial charge in [-0.15, -0.1) is 0 Å². The van der Waals surface area contributed by atoms with Crippen LogP contribution >= 0.6 is 0 Å². The van der Waals surface area contributed by atoms with Gasteiger partial charge < -0.3 is 22.2 Å². The van der Waals surface area contributed by atoms with E-state index in [1.807, 2.05) is 32.0 Å². The predicted octanol–water partition coefficient (Wildman–Crippen LogP) is 0.831. The first kappa shape index (κ1) is 20.2. The van der Waals surface area contributed by atoms with Gasteiger partial charge in [0.25, 0.3) is 5.91 Å². The van der Waals surface area contributed by atoms with Crippen LogP contribution in [0.4, 0.5) is 5.69 Å². The Labute approximate surface area is 151 Å². The topological polar surface area (TPSA) is 29.1 Å². The standard InChI is InChI=1S/C20H26N2O.ClH/c1-15-11-16(2)20(17(3)12-15)21-19(23)14-22(4,5)13-18-9-7-6-8-10-18;/h6-12H,13-14H2,1-5H3;1H. The molecule has 1 N–H and O–H groups in total. The number of benzene rings is 2. The predicted molar refractivity (Wildman–Crippen MR) is 96.4 cm³/mol. The van der Waals surface area contributed by atoms with Crippen molar-refractivity contribution in [2.24, 2.45) is 0 Å². The van der Waals surface area contributed by atoms with Crippen LogP contribution in [0.3, 0.4) is 0 Å². The normalized spacial score (nSPS) is 10.9. The van der Waals surface area contributed by atoms with E-state index in [0.29, 0.717) is 11.0 Å². The van der Waals surface area contributed by atoms with Crippen molar-refractivity contribution in [3.63, 3.8) is 0 Å². The van der Waals surface area contributed by atoms with E-state index in [0.717, 1.165) is 23.4 Å². The number of hydrogen-bond donors (Lipinski definition) is 1. The first-order valence-electron chi connectivity index (χ1n) is 8.00. The number of carbonyl (C=O) groups is 1. The number of rotatable bonds is 5. The van der Waals surface area contributed by atoms with Crippen LogP contribution in [-0.2, 0) is 11.3 Å². The van der Waals surface area contributed by atoms with Crippen molar-refractivity contribution in [3.8, 4) is 0 Å². The molecule has 0 aliphatic heterocycles. The number of nitrogens with one attached hydrogen (secondary N) is 1. The Hall–Kier alpha value is -1.84. The molecular formula is C20H27ClN2O. The summed E-state index contributed by atoms with van der Waals surface area (Å²) in [6.45, 7) is 7.44. The lowest BCUT2D eigenvalue weighted by atomic mass is 10.1. The van der Waals surface area contributed by atoms with E-state index in [9.17, 15) is 4.79 Å². The number of aryl methyl sites for hydroxylation is 3. The summed E-state index contributed by atoms with van der Waals surface area (Å²) in [6, 6.07) is 14.5. The molecule has 0 fully saturated rings. The van der Waals surface area contributed by atoms with Crippen LogP contribution in [0.2, 0.25) is 0 Å². The number of amides is 1. The van der Waals surface area contributed by atoms with Crippen LogP contribution in [0, 0.1) is 20.8 Å². The summed E-state index contributed by atoms with van der Waals surface area (Å²) in [5.41, 5.74) is 5.64. The fraction of sp³-hybridized carbons (Fsp3) is 0.350. The van der Waals surface area contributed by atoms with E-state index in [1.165, 1.54) is 11.1 Å². The molecule has 130 valence electrons. The monoisotopic (exact) mass is 346 g/mol. The van der Waals surface area contributed by atoms with Crippen molar-refractivity contribution in [3.05, 3.63) is 64.7 Å². The lowest BCUT2D eigenvalue weighted by Gasteiger charge is -2.29. The number of hydrogen-bond acceptors (Lipinski definition) is 1. The van der Waals surface area contributed by atoms with Gasteiger partial charge in [0.1, 0.15) is 6.54 Å². The van der Waals surface area contributed by atoms with Crippen molar-refractivity contribution in [1.29, 1.82) is 0 Å². The van der Waals surface area contributed by atoms with Crippen LogP contribution in [0.15, 0.2) is 42.5 Å². The summed E-state index contributed by atoms with van der Waals surface area (Å²) in [6.07, 6.45) is 0. The van der Waals surface area contributed by atoms with Crippen LogP contribution < -0.4 is 17.7 Å². The molecule has 4 heteroatoms. The molecule has 0 aliphatic carbocycles. The van der Waals surface area contributed by atoms with Crippen molar-refractivity contribution in [1.82, 2.24) is 0 Å². The maximum atomic E-state index is 12.5. The molecule has 0 saturated carbocycles. The molecule has 0 bridgehead atoms. The average Bonchev–Trinajstić information content (AvgIpc) is 2.42. The second-order valence-corrected chi connectivity index (χ2v) is 7.06. The molecule has 0 saturated heterocycles. The van der Waals surface area contributed by atoms with Crippen LogP contribution in [0.5, 0.6) is 0 Å². The zero-order valence-electron chi connectivity index (χ0n) is 15.2. The first-order valence-corrected chi connectivity index (χ1v) is 8.00. The second kappa shape index (κ2) is 8.32. The highest BCUT2D eigenvalue weighted by molar-refractivity contribution is 5.93. The highest BCUT2D eigenvalue weighted by atomic mass is 35.5. The number of likely N-dealkylation sites (N-methyl/N-ethyl adjacent to an activating group) is 1. The largest absolute Gasteiger partial charge is 1.00 e. The molecule has 3 nitrogen and oxygen atoms in total. The van der Waals surface area contributed by atoms with Gasteiger partial charge in [0.05, 0.1) is 14.1 Å². The molecule has 2 aromatic carbocycles. The minimum Gasteiger partial charge on any atom is -1.00 e. The number of carbonyl (C=O) groups excluding carboxylic acids is 1. The van der Waals surface area contributed by atoms with Gasteiger partial charge in [-0.2, -0.15) is 0 Å². The third-order valence-electron chi connectivity index (χ3n) is 3.97. The summed E-state index contributed by atoms with van der Waals surface area (Å²) < 4.78 is 0.625. The highest BCUT2D eigenvalue weighted by Crippen LogP contribution is 2.22. The summed E-state index contributed by atoms with van der Waals surface area (Å²) >= 11 is 0. The smallest absolute Gasteiger partial charge is 0.279 e. The molecule has 2 rings (SSSR count). The molecule has 0 aliphatic rings. The minimum absolute atomic E-state index is 0. The van der Waals surface area contributed by atoms with E-state index >= 15 is 0 Å². The molecule has 24 heavy (non-hydrogen) atoms. The maximum absolute atomic E-state index is 12.5. The number of nitrogens with zero attached hydrogens (tertiary/aromatic N) is 1. The zero-order valence-corrected chi connectivity index (χ0v) is 15.9. The SMILES string of the molecule is Cc1cc(C)c(NC(=O)C[N+](C)(C)Cc2ccccc2)c(C)c1.[Cl-]. The minimum atomic E-state index is 0. The van der Waals surface area contributed by atoms with Gasteiger partial charge in [0, 0.05) is 11.3 Å². The van der Waals surface area contributed by atoms with Gasteiger partial charge in [0.2, 0.25) is 0 Å². The fourth-order valence-electron chi connectivity index (χ4n) is 3.08. The molecule has 1 amide bonds. The average molecular weight is 347 g/mol. The third kappa shape index (κ3) is 5.66. The van der Waals surface area contributed by atoms with Crippen LogP contribution in [-0.4, -0.2) is 31.0 Å². The Morgan fingerprint density at radius 1 is 1.00 bits per heavy atom. The van der Waals surface area contributed by atoms with Gasteiger partial charge in [-0.25, -0.2) is 0 Å². The fourth-order valence-corrected chi connectivity index (χ4v) is 3.08. The molecule has 0 radical (unpaired) electrons. The number of anilines is 1. The number of halogens is 1. The van der Waals surface area contributed by atoms with E-state index in [2.05, 4.69) is 50.6 Å². The molecule has 0 heterocycles. The summed E-state index contributed by atoms with van der Waals surface area (Å²) in [7, 11) is 4.17. The highest BCUT2D eigenvalue weighted by Gasteiger charge is 2.21. The number of quaternary nitrogens is 1. The molecule has 2 aromatic rings. The molecule has 0 unspecified atom stereocenters. The Morgan fingerprint density at radius 2 is 1.54 bits per heavy atom. The summed E-state index contributed by atoms with van der Waals surface area (Å²) in [4.78, 5) is 12.5. The summed E-state index contributed by atoms with van der Waals surface area (Å²) in [5, 5.41) is 3.09. The quantitative estimate of drug-likeness (QED) is 0.798. The van der Waals surface area contributed by atoms with Gasteiger partial charge >= 0.3 is 0 Å². The second-order valence-electron chi connectivity index (χ2n) is 7.06. The van der Waals surface area contributed by atoms with Gasteiger partial charge in [0.15, 0.2) is 6.54 Å². The Balaban J connectivity index is 0.00000288. The van der Waals surface area contributed by atoms with Crippen molar-refractivity contribution in [2.75, 3.05) is 26.0 Å². The molecular weight excluding hydrogens is 320 g/mol. The van der Waals surface area contributed by atoms with Gasteiger partial charge in [-0.05, 0) is 31.9 Å². The first-order chi connectivity index (χ1) is 10.8. The lowest BCUT2D eigenvalue weighted by Crippen LogP contribution is -3.00. The van der Waals surface area contributed by atoms with Crippen LogP contribution in [0.25, 0.3) is 0 Å². The van der Waals surface area contributed by atoms with Crippen LogP contribution in [0.1, 0.15) is 22.3 Å². The maximum Gasteiger partial charge on any atom is 0.279 e. The summed E-state index contributed by atoms with van der Waals surface area (Å²) in [5.74, 6) is 0.0565. The zero-order chi connectivity index (χ0) is 17.0. The van der Waals surface area contributed by atoms with E-state index in [4.69, 9.17) is 0 Å². The van der Waals surface area contributed by atoms with E-state index in [1.54, 1.807) is 0 Å². The van der Waals surface area contributed by atoms with Crippen molar-refractivity contribution >= 4 is 11.6 Å². The third-order valence-corrected chi connectivity index (χ3v) is 3.97. The molecule has 0 aromatic heterocycles. The van der Waals surface area contributed by atoms with Gasteiger partial charge in [-0.1, -0.05) is 48.0 Å². The van der Waals surface area contributed by atoms with E-state index < -0.39 is 0 Å². The Morgan fingerprint density at radius 3 is 2.08 bits per heavy atom. The van der Waals surface area contributed by atoms with Gasteiger partial charge in [-0.3, -0.25) is 4.79 Å². The lowest BCUT2D eigenvalue weighted by molar-refractivity contribution is -0.895.